The molecule has 0 aromatic carbocycles. The highest BCUT2D eigenvalue weighted by Crippen LogP contribution is 2.15. The minimum Gasteiger partial charge on any atom is -0.462 e. The van der Waals surface area contributed by atoms with Crippen molar-refractivity contribution < 1.29 is 19.1 Å². The van der Waals surface area contributed by atoms with Crippen LogP contribution in [0.5, 0.6) is 0 Å². The van der Waals surface area contributed by atoms with Crippen molar-refractivity contribution in [3.05, 3.63) is 0 Å². The topological polar surface area (TPSA) is 62.3 Å². The Morgan fingerprint density at radius 2 is 0.617 bits per heavy atom. The zero-order chi connectivity index (χ0) is 43.8. The zero-order valence-corrected chi connectivity index (χ0v) is 41.6. The molecule has 0 amide bonds. The lowest BCUT2D eigenvalue weighted by molar-refractivity contribution is -0.152. The molecule has 0 spiro atoms. The van der Waals surface area contributed by atoms with Gasteiger partial charge in [0.2, 0.25) is 0 Å². The van der Waals surface area contributed by atoms with Crippen LogP contribution in [0.25, 0.3) is 0 Å². The number of carbonyl (C=O) groups is 2. The summed E-state index contributed by atoms with van der Waals surface area (Å²) in [5, 5.41) is 0. The number of hydrogen-bond donors (Lipinski definition) is 0. The standard InChI is InChI=1S/C52H104ClN3O4/c1-5-7-9-11-13-15-17-23-29-35-42-55(46-41-53)43-36-30-25-19-21-27-33-39-51(57)59-49-50-60-52(58)40-34-28-22-20-26-32-38-45-56(48-47-54(3)4)44-37-31-24-18-16-14-12-10-8-6-2/h5-50H2,1-4H3. The van der Waals surface area contributed by atoms with Crippen molar-refractivity contribution in [3.8, 4) is 0 Å². The van der Waals surface area contributed by atoms with E-state index in [0.29, 0.717) is 12.8 Å². The number of carbonyl (C=O) groups excluding carboxylic acids is 2. The lowest BCUT2D eigenvalue weighted by Crippen LogP contribution is -2.33. The Kier molecular flexibility index (Phi) is 48.4. The lowest BCUT2D eigenvalue weighted by Gasteiger charge is -2.24. The smallest absolute Gasteiger partial charge is 0.305 e. The Bertz CT molecular complexity index is 878. The van der Waals surface area contributed by atoms with E-state index < -0.39 is 0 Å². The molecule has 0 aliphatic carbocycles. The predicted octanol–water partition coefficient (Wildman–Crippen LogP) is 14.6. The summed E-state index contributed by atoms with van der Waals surface area (Å²) in [7, 11) is 4.36. The van der Waals surface area contributed by atoms with Gasteiger partial charge in [-0.1, -0.05) is 194 Å². The molecule has 0 aliphatic heterocycles. The van der Waals surface area contributed by atoms with E-state index in [9.17, 15) is 9.59 Å². The number of esters is 2. The molecule has 0 aromatic heterocycles. The van der Waals surface area contributed by atoms with Gasteiger partial charge in [-0.15, -0.1) is 11.6 Å². The molecule has 358 valence electrons. The molecule has 0 aromatic rings. The molecule has 0 atom stereocenters. The van der Waals surface area contributed by atoms with Crippen LogP contribution in [0.4, 0.5) is 0 Å². The molecule has 0 saturated heterocycles. The van der Waals surface area contributed by atoms with Crippen LogP contribution in [0.3, 0.4) is 0 Å². The number of unbranched alkanes of at least 4 members (excludes halogenated alkanes) is 30. The third kappa shape index (κ3) is 46.6. The minimum absolute atomic E-state index is 0.163. The third-order valence-electron chi connectivity index (χ3n) is 12.2. The van der Waals surface area contributed by atoms with E-state index in [4.69, 9.17) is 21.1 Å². The van der Waals surface area contributed by atoms with Gasteiger partial charge in [-0.3, -0.25) is 9.59 Å². The van der Waals surface area contributed by atoms with Crippen molar-refractivity contribution in [3.63, 3.8) is 0 Å². The maximum absolute atomic E-state index is 12.1. The van der Waals surface area contributed by atoms with Crippen molar-refractivity contribution in [1.29, 1.82) is 0 Å². The van der Waals surface area contributed by atoms with E-state index in [2.05, 4.69) is 42.6 Å². The number of rotatable bonds is 50. The Hall–Kier alpha value is -0.890. The molecule has 8 heteroatoms. The molecule has 0 fully saturated rings. The summed E-state index contributed by atoms with van der Waals surface area (Å²) in [6.45, 7) is 13.1. The highest BCUT2D eigenvalue weighted by Gasteiger charge is 2.08. The Morgan fingerprint density at radius 1 is 0.350 bits per heavy atom. The second kappa shape index (κ2) is 49.1. The van der Waals surface area contributed by atoms with Crippen LogP contribution in [0.2, 0.25) is 0 Å². The highest BCUT2D eigenvalue weighted by molar-refractivity contribution is 6.18. The van der Waals surface area contributed by atoms with Gasteiger partial charge in [0.15, 0.2) is 0 Å². The molecule has 0 radical (unpaired) electrons. The van der Waals surface area contributed by atoms with Gasteiger partial charge >= 0.3 is 11.9 Å². The summed E-state index contributed by atoms with van der Waals surface area (Å²) in [5.41, 5.74) is 0. The fourth-order valence-electron chi connectivity index (χ4n) is 8.21. The second-order valence-corrected chi connectivity index (χ2v) is 18.8. The van der Waals surface area contributed by atoms with Gasteiger partial charge in [-0.05, 0) is 78.8 Å². The molecule has 0 saturated carbocycles. The number of halogens is 1. The van der Waals surface area contributed by atoms with E-state index in [1.165, 1.54) is 225 Å². The molecule has 0 aliphatic rings. The molecule has 7 nitrogen and oxygen atoms in total. The van der Waals surface area contributed by atoms with Crippen molar-refractivity contribution >= 4 is 23.5 Å². The van der Waals surface area contributed by atoms with E-state index in [1.54, 1.807) is 0 Å². The van der Waals surface area contributed by atoms with Gasteiger partial charge in [0.25, 0.3) is 0 Å². The number of likely N-dealkylation sites (N-methyl/N-ethyl adjacent to an activating group) is 1. The average molecular weight is 871 g/mol. The van der Waals surface area contributed by atoms with Crippen LogP contribution in [-0.2, 0) is 19.1 Å². The number of hydrogen-bond acceptors (Lipinski definition) is 7. The van der Waals surface area contributed by atoms with Crippen LogP contribution in [0.15, 0.2) is 0 Å². The van der Waals surface area contributed by atoms with Gasteiger partial charge in [0.05, 0.1) is 0 Å². The van der Waals surface area contributed by atoms with Crippen LogP contribution in [-0.4, -0.2) is 106 Å². The van der Waals surface area contributed by atoms with Crippen molar-refractivity contribution in [2.75, 3.05) is 79.0 Å². The van der Waals surface area contributed by atoms with E-state index in [1.807, 2.05) is 0 Å². The monoisotopic (exact) mass is 870 g/mol. The van der Waals surface area contributed by atoms with E-state index >= 15 is 0 Å². The molecule has 0 bridgehead atoms. The molecule has 0 rings (SSSR count). The van der Waals surface area contributed by atoms with Gasteiger partial charge in [-0.25, -0.2) is 0 Å². The number of ether oxygens (including phenoxy) is 2. The first-order valence-corrected chi connectivity index (χ1v) is 26.9. The summed E-state index contributed by atoms with van der Waals surface area (Å²) in [6.07, 6.45) is 45.1. The number of nitrogens with zero attached hydrogens (tertiary/aromatic N) is 3. The summed E-state index contributed by atoms with van der Waals surface area (Å²) in [4.78, 5) is 31.8. The Morgan fingerprint density at radius 3 is 0.900 bits per heavy atom. The largest absolute Gasteiger partial charge is 0.462 e. The highest BCUT2D eigenvalue weighted by atomic mass is 35.5. The normalized spacial score (nSPS) is 11.7. The average Bonchev–Trinajstić information content (AvgIpc) is 3.23. The Labute approximate surface area is 379 Å². The summed E-state index contributed by atoms with van der Waals surface area (Å²) in [6, 6.07) is 0. The van der Waals surface area contributed by atoms with Crippen LogP contribution in [0, 0.1) is 0 Å². The van der Waals surface area contributed by atoms with Gasteiger partial charge < -0.3 is 24.2 Å². The molecule has 0 heterocycles. The molecule has 0 N–H and O–H groups in total. The van der Waals surface area contributed by atoms with E-state index in [-0.39, 0.29) is 25.2 Å². The van der Waals surface area contributed by atoms with Gasteiger partial charge in [0, 0.05) is 38.4 Å². The summed E-state index contributed by atoms with van der Waals surface area (Å²) >= 11 is 6.09. The fraction of sp³-hybridized carbons (Fsp3) is 0.962. The van der Waals surface area contributed by atoms with Crippen LogP contribution >= 0.6 is 11.6 Å². The first-order chi connectivity index (χ1) is 29.4. The molecule has 60 heavy (non-hydrogen) atoms. The van der Waals surface area contributed by atoms with E-state index in [0.717, 1.165) is 44.7 Å². The molecular weight excluding hydrogens is 766 g/mol. The quantitative estimate of drug-likeness (QED) is 0.0343. The maximum atomic E-state index is 12.1. The third-order valence-corrected chi connectivity index (χ3v) is 12.4. The second-order valence-electron chi connectivity index (χ2n) is 18.4. The molecule has 0 unspecified atom stereocenters. The first-order valence-electron chi connectivity index (χ1n) is 26.4. The van der Waals surface area contributed by atoms with Gasteiger partial charge in [0.1, 0.15) is 13.2 Å². The Balaban J connectivity index is 3.66. The fourth-order valence-corrected chi connectivity index (χ4v) is 8.45. The first kappa shape index (κ1) is 59.1. The summed E-state index contributed by atoms with van der Waals surface area (Å²) in [5.74, 6) is 0.374. The van der Waals surface area contributed by atoms with Crippen LogP contribution in [0.1, 0.15) is 245 Å². The van der Waals surface area contributed by atoms with Crippen molar-refractivity contribution in [1.82, 2.24) is 14.7 Å². The zero-order valence-electron chi connectivity index (χ0n) is 40.9. The molecular formula is C52H104ClN3O4. The van der Waals surface area contributed by atoms with Gasteiger partial charge in [-0.2, -0.15) is 0 Å². The van der Waals surface area contributed by atoms with Crippen molar-refractivity contribution in [2.24, 2.45) is 0 Å². The SMILES string of the molecule is CCCCCCCCCCCCN(CCCl)CCCCCCCCCC(=O)OCCOC(=O)CCCCCCCCCN(CCCCCCCCCCCC)CCN(C)C. The van der Waals surface area contributed by atoms with Crippen molar-refractivity contribution in [2.45, 2.75) is 245 Å². The lowest BCUT2D eigenvalue weighted by atomic mass is 10.1. The predicted molar refractivity (Wildman–Crippen MR) is 262 cm³/mol. The summed E-state index contributed by atoms with van der Waals surface area (Å²) < 4.78 is 10.6. The maximum Gasteiger partial charge on any atom is 0.305 e. The van der Waals surface area contributed by atoms with Crippen LogP contribution < -0.4 is 0 Å². The number of alkyl halides is 1. The minimum atomic E-state index is -0.178.